The maximum Gasteiger partial charge on any atom is 0.246 e. The van der Waals surface area contributed by atoms with Crippen molar-refractivity contribution in [3.63, 3.8) is 0 Å². The Bertz CT molecular complexity index is 1500. The molecule has 1 saturated heterocycles. The van der Waals surface area contributed by atoms with Gasteiger partial charge in [0, 0.05) is 50.4 Å². The Balaban J connectivity index is 1.75. The number of amides is 2. The summed E-state index contributed by atoms with van der Waals surface area (Å²) in [5, 5.41) is 0. The fourth-order valence-corrected chi connectivity index (χ4v) is 5.97. The first-order valence-electron chi connectivity index (χ1n) is 16.7. The zero-order valence-electron chi connectivity index (χ0n) is 31.1. The summed E-state index contributed by atoms with van der Waals surface area (Å²) in [5.74, 6) is 3.01. The van der Waals surface area contributed by atoms with Crippen LogP contribution in [0.3, 0.4) is 0 Å². The molecular formula is C39H53N3O8. The average Bonchev–Trinajstić information content (AvgIpc) is 3.12. The monoisotopic (exact) mass is 691 g/mol. The Morgan fingerprint density at radius 2 is 1.08 bits per heavy atom. The smallest absolute Gasteiger partial charge is 0.246 e. The Hall–Kier alpha value is -4.90. The second-order valence-electron chi connectivity index (χ2n) is 12.2. The van der Waals surface area contributed by atoms with Gasteiger partial charge < -0.3 is 38.2 Å². The van der Waals surface area contributed by atoms with Gasteiger partial charge >= 0.3 is 0 Å². The first-order valence-corrected chi connectivity index (χ1v) is 16.7. The number of piperazine rings is 1. The van der Waals surface area contributed by atoms with Gasteiger partial charge in [-0.25, -0.2) is 0 Å². The minimum absolute atomic E-state index is 0.104. The van der Waals surface area contributed by atoms with E-state index in [-0.39, 0.29) is 29.9 Å². The maximum atomic E-state index is 13.6. The molecule has 0 bridgehead atoms. The van der Waals surface area contributed by atoms with Crippen LogP contribution in [-0.4, -0.2) is 113 Å². The van der Waals surface area contributed by atoms with Crippen molar-refractivity contribution in [1.29, 1.82) is 0 Å². The van der Waals surface area contributed by atoms with Crippen LogP contribution in [0.15, 0.2) is 60.7 Å². The molecule has 11 nitrogen and oxygen atoms in total. The largest absolute Gasteiger partial charge is 0.493 e. The number of carbonyl (C=O) groups is 2. The van der Waals surface area contributed by atoms with Crippen LogP contribution in [0.4, 0.5) is 0 Å². The standard InChI is InChI=1S/C39H53N3O8/c1-27(2)42(28(3)4)26-31-25-40(36(43)17-13-11-15-29-21-32(45-5)38(49-9)33(22-29)46-6)19-20-41(31)37(44)18-14-12-16-30-23-34(47-7)39(50-10)35(24-30)48-8/h11-18,21-24,27-28,31H,19-20,25-26H2,1-10H3/b15-11+,16-12+,17-13+,18-14+. The number of methoxy groups -OCH3 is 6. The van der Waals surface area contributed by atoms with E-state index >= 15 is 0 Å². The minimum Gasteiger partial charge on any atom is -0.493 e. The summed E-state index contributed by atoms with van der Waals surface area (Å²) in [4.78, 5) is 32.9. The Kier molecular flexibility index (Phi) is 15.3. The summed E-state index contributed by atoms with van der Waals surface area (Å²) < 4.78 is 32.6. The Morgan fingerprint density at radius 3 is 1.46 bits per heavy atom. The van der Waals surface area contributed by atoms with Gasteiger partial charge in [0.05, 0.1) is 48.7 Å². The van der Waals surface area contributed by atoms with Crippen molar-refractivity contribution < 1.29 is 38.0 Å². The van der Waals surface area contributed by atoms with Gasteiger partial charge in [-0.15, -0.1) is 0 Å². The number of rotatable bonds is 16. The maximum absolute atomic E-state index is 13.6. The number of ether oxygens (including phenoxy) is 6. The van der Waals surface area contributed by atoms with E-state index in [4.69, 9.17) is 28.4 Å². The van der Waals surface area contributed by atoms with E-state index < -0.39 is 0 Å². The highest BCUT2D eigenvalue weighted by atomic mass is 16.5. The second-order valence-corrected chi connectivity index (χ2v) is 12.2. The highest BCUT2D eigenvalue weighted by Crippen LogP contribution is 2.39. The van der Waals surface area contributed by atoms with E-state index in [1.54, 1.807) is 79.1 Å². The van der Waals surface area contributed by atoms with Gasteiger partial charge in [0.2, 0.25) is 23.3 Å². The average molecular weight is 692 g/mol. The molecule has 50 heavy (non-hydrogen) atoms. The third kappa shape index (κ3) is 10.3. The number of carbonyl (C=O) groups excluding carboxylic acids is 2. The highest BCUT2D eigenvalue weighted by molar-refractivity contribution is 5.90. The summed E-state index contributed by atoms with van der Waals surface area (Å²) in [6, 6.07) is 7.71. The van der Waals surface area contributed by atoms with E-state index in [2.05, 4.69) is 32.6 Å². The van der Waals surface area contributed by atoms with Crippen molar-refractivity contribution in [2.45, 2.75) is 45.8 Å². The minimum atomic E-state index is -0.183. The predicted octanol–water partition coefficient (Wildman–Crippen LogP) is 5.74. The van der Waals surface area contributed by atoms with E-state index in [0.717, 1.165) is 11.1 Å². The SMILES string of the molecule is COc1cc(/C=C/C=C/C(=O)N2CCN(C(=O)/C=C/C=C/c3cc(OC)c(OC)c(OC)c3)C(CN(C(C)C)C(C)C)C2)cc(OC)c1OC. The molecule has 1 fully saturated rings. The Labute approximate surface area is 297 Å². The predicted molar refractivity (Wildman–Crippen MR) is 198 cm³/mol. The van der Waals surface area contributed by atoms with Gasteiger partial charge in [-0.3, -0.25) is 14.5 Å². The third-order valence-corrected chi connectivity index (χ3v) is 8.48. The zero-order valence-corrected chi connectivity index (χ0v) is 31.1. The van der Waals surface area contributed by atoms with Gasteiger partial charge in [-0.05, 0) is 63.1 Å². The fourth-order valence-electron chi connectivity index (χ4n) is 5.97. The molecule has 2 aromatic carbocycles. The van der Waals surface area contributed by atoms with Gasteiger partial charge in [-0.2, -0.15) is 0 Å². The van der Waals surface area contributed by atoms with E-state index in [1.165, 1.54) is 0 Å². The Morgan fingerprint density at radius 1 is 0.660 bits per heavy atom. The van der Waals surface area contributed by atoms with Gasteiger partial charge in [-0.1, -0.05) is 36.5 Å². The zero-order chi connectivity index (χ0) is 36.8. The second kappa shape index (κ2) is 19.3. The molecule has 0 spiro atoms. The van der Waals surface area contributed by atoms with Crippen molar-refractivity contribution >= 4 is 24.0 Å². The lowest BCUT2D eigenvalue weighted by molar-refractivity contribution is -0.138. The molecule has 0 aliphatic carbocycles. The van der Waals surface area contributed by atoms with Crippen LogP contribution >= 0.6 is 0 Å². The molecule has 1 atom stereocenters. The summed E-state index contributed by atoms with van der Waals surface area (Å²) in [7, 11) is 9.39. The molecule has 0 N–H and O–H groups in total. The number of nitrogens with zero attached hydrogens (tertiary/aromatic N) is 3. The molecule has 0 saturated carbocycles. The fraction of sp³-hybridized carbons (Fsp3) is 0.436. The molecule has 1 aliphatic rings. The normalized spacial score (nSPS) is 15.3. The summed E-state index contributed by atoms with van der Waals surface area (Å²) in [6.07, 6.45) is 13.9. The van der Waals surface area contributed by atoms with Crippen molar-refractivity contribution in [2.75, 3.05) is 68.8 Å². The topological polar surface area (TPSA) is 99.2 Å². The lowest BCUT2D eigenvalue weighted by Crippen LogP contribution is -2.60. The van der Waals surface area contributed by atoms with Crippen LogP contribution in [0.25, 0.3) is 12.2 Å². The van der Waals surface area contributed by atoms with Crippen LogP contribution in [0.2, 0.25) is 0 Å². The van der Waals surface area contributed by atoms with Crippen LogP contribution in [0.1, 0.15) is 38.8 Å². The third-order valence-electron chi connectivity index (χ3n) is 8.48. The van der Waals surface area contributed by atoms with Crippen molar-refractivity contribution in [3.8, 4) is 34.5 Å². The molecular weight excluding hydrogens is 638 g/mol. The van der Waals surface area contributed by atoms with Crippen molar-refractivity contribution in [2.24, 2.45) is 0 Å². The molecule has 3 rings (SSSR count). The van der Waals surface area contributed by atoms with Gasteiger partial charge in [0.1, 0.15) is 0 Å². The van der Waals surface area contributed by atoms with Crippen LogP contribution in [0.5, 0.6) is 34.5 Å². The van der Waals surface area contributed by atoms with Crippen molar-refractivity contribution in [3.05, 3.63) is 71.8 Å². The molecule has 11 heteroatoms. The quantitative estimate of drug-likeness (QED) is 0.161. The summed E-state index contributed by atoms with van der Waals surface area (Å²) in [5.41, 5.74) is 1.66. The lowest BCUT2D eigenvalue weighted by atomic mass is 10.1. The molecule has 272 valence electrons. The molecule has 1 aliphatic heterocycles. The number of hydrogen-bond acceptors (Lipinski definition) is 9. The summed E-state index contributed by atoms with van der Waals surface area (Å²) >= 11 is 0. The van der Waals surface area contributed by atoms with Gasteiger partial charge in [0.15, 0.2) is 23.0 Å². The molecule has 2 amide bonds. The molecule has 0 aromatic heterocycles. The van der Waals surface area contributed by atoms with Crippen molar-refractivity contribution in [1.82, 2.24) is 14.7 Å². The van der Waals surface area contributed by atoms with E-state index in [0.29, 0.717) is 60.7 Å². The molecule has 0 radical (unpaired) electrons. The van der Waals surface area contributed by atoms with Crippen LogP contribution in [0, 0.1) is 0 Å². The number of benzene rings is 2. The number of allylic oxidation sites excluding steroid dienone is 4. The highest BCUT2D eigenvalue weighted by Gasteiger charge is 2.33. The van der Waals surface area contributed by atoms with E-state index in [1.807, 2.05) is 46.2 Å². The first-order chi connectivity index (χ1) is 24.0. The van der Waals surface area contributed by atoms with Crippen LogP contribution < -0.4 is 28.4 Å². The van der Waals surface area contributed by atoms with E-state index in [9.17, 15) is 9.59 Å². The summed E-state index contributed by atoms with van der Waals surface area (Å²) in [6.45, 7) is 10.5. The molecule has 1 unspecified atom stereocenters. The lowest BCUT2D eigenvalue weighted by Gasteiger charge is -2.44. The number of hydrogen-bond donors (Lipinski definition) is 0. The first kappa shape index (κ1) is 39.5. The molecule has 2 aromatic rings. The van der Waals surface area contributed by atoms with Gasteiger partial charge in [0.25, 0.3) is 0 Å². The molecule has 1 heterocycles. The van der Waals surface area contributed by atoms with Crippen LogP contribution in [-0.2, 0) is 9.59 Å².